The summed E-state index contributed by atoms with van der Waals surface area (Å²) < 4.78 is 0. The van der Waals surface area contributed by atoms with Crippen molar-refractivity contribution in [3.63, 3.8) is 0 Å². The summed E-state index contributed by atoms with van der Waals surface area (Å²) >= 11 is 6.13. The molecule has 3 heteroatoms. The van der Waals surface area contributed by atoms with Gasteiger partial charge in [0.15, 0.2) is 0 Å². The van der Waals surface area contributed by atoms with Crippen LogP contribution in [0.3, 0.4) is 0 Å². The van der Waals surface area contributed by atoms with Crippen LogP contribution in [0.4, 0.5) is 0 Å². The minimum absolute atomic E-state index is 0.314. The van der Waals surface area contributed by atoms with Gasteiger partial charge in [-0.2, -0.15) is 0 Å². The van der Waals surface area contributed by atoms with Crippen molar-refractivity contribution in [2.24, 2.45) is 0 Å². The zero-order valence-corrected chi connectivity index (χ0v) is 12.7. The van der Waals surface area contributed by atoms with E-state index in [-0.39, 0.29) is 0 Å². The highest BCUT2D eigenvalue weighted by molar-refractivity contribution is 6.30. The molecule has 2 N–H and O–H groups in total. The van der Waals surface area contributed by atoms with Crippen molar-refractivity contribution in [3.8, 4) is 5.75 Å². The van der Waals surface area contributed by atoms with Gasteiger partial charge in [-0.1, -0.05) is 35.9 Å². The van der Waals surface area contributed by atoms with Gasteiger partial charge in [-0.3, -0.25) is 0 Å². The molecular formula is C18H20ClNO. The lowest BCUT2D eigenvalue weighted by Crippen LogP contribution is -2.24. The molecule has 1 saturated carbocycles. The van der Waals surface area contributed by atoms with Crippen molar-refractivity contribution < 1.29 is 5.11 Å². The molecule has 0 saturated heterocycles. The highest BCUT2D eigenvalue weighted by Gasteiger charge is 2.22. The molecule has 1 aliphatic rings. The topological polar surface area (TPSA) is 32.3 Å². The fraction of sp³-hybridized carbons (Fsp3) is 0.333. The van der Waals surface area contributed by atoms with Gasteiger partial charge < -0.3 is 10.4 Å². The Kier molecular flexibility index (Phi) is 4.47. The molecule has 0 aromatic heterocycles. The summed E-state index contributed by atoms with van der Waals surface area (Å²) in [4.78, 5) is 0. The van der Waals surface area contributed by atoms with E-state index in [0.29, 0.717) is 17.7 Å². The first kappa shape index (κ1) is 14.4. The Hall–Kier alpha value is -1.51. The number of hydrogen-bond acceptors (Lipinski definition) is 2. The number of halogens is 1. The van der Waals surface area contributed by atoms with E-state index < -0.39 is 0 Å². The van der Waals surface area contributed by atoms with Crippen molar-refractivity contribution in [1.29, 1.82) is 0 Å². The number of benzene rings is 2. The largest absolute Gasteiger partial charge is 0.508 e. The number of nitrogens with one attached hydrogen (secondary N) is 1. The Morgan fingerprint density at radius 2 is 1.90 bits per heavy atom. The van der Waals surface area contributed by atoms with Crippen LogP contribution in [0.15, 0.2) is 48.5 Å². The van der Waals surface area contributed by atoms with Gasteiger partial charge in [0.05, 0.1) is 0 Å². The van der Waals surface area contributed by atoms with Crippen LogP contribution in [0.1, 0.15) is 29.9 Å². The van der Waals surface area contributed by atoms with E-state index in [9.17, 15) is 5.11 Å². The first-order chi connectivity index (χ1) is 10.2. The molecule has 0 aliphatic heterocycles. The van der Waals surface area contributed by atoms with Gasteiger partial charge in [0, 0.05) is 23.5 Å². The molecule has 0 heterocycles. The van der Waals surface area contributed by atoms with Crippen LogP contribution in [-0.4, -0.2) is 17.7 Å². The van der Waals surface area contributed by atoms with E-state index in [2.05, 4.69) is 17.4 Å². The van der Waals surface area contributed by atoms with Crippen LogP contribution in [-0.2, 0) is 6.42 Å². The van der Waals surface area contributed by atoms with Gasteiger partial charge >= 0.3 is 0 Å². The van der Waals surface area contributed by atoms with Crippen LogP contribution >= 0.6 is 11.6 Å². The summed E-state index contributed by atoms with van der Waals surface area (Å²) in [7, 11) is 0. The third-order valence-electron chi connectivity index (χ3n) is 3.97. The van der Waals surface area contributed by atoms with Gasteiger partial charge in [-0.15, -0.1) is 0 Å². The van der Waals surface area contributed by atoms with Crippen molar-refractivity contribution in [2.45, 2.75) is 31.2 Å². The second kappa shape index (κ2) is 6.50. The molecule has 0 radical (unpaired) electrons. The zero-order valence-electron chi connectivity index (χ0n) is 11.9. The molecule has 0 bridgehead atoms. The Morgan fingerprint density at radius 3 is 2.57 bits per heavy atom. The maximum absolute atomic E-state index is 9.40. The van der Waals surface area contributed by atoms with Crippen molar-refractivity contribution in [3.05, 3.63) is 64.7 Å². The molecule has 0 spiro atoms. The molecule has 21 heavy (non-hydrogen) atoms. The van der Waals surface area contributed by atoms with Gasteiger partial charge in [0.1, 0.15) is 5.75 Å². The van der Waals surface area contributed by atoms with Crippen LogP contribution in [0.2, 0.25) is 5.02 Å². The second-order valence-corrected chi connectivity index (χ2v) is 6.24. The van der Waals surface area contributed by atoms with E-state index in [0.717, 1.165) is 18.0 Å². The quantitative estimate of drug-likeness (QED) is 0.841. The molecule has 1 fully saturated rings. The van der Waals surface area contributed by atoms with Crippen LogP contribution in [0, 0.1) is 0 Å². The van der Waals surface area contributed by atoms with Crippen LogP contribution in [0.25, 0.3) is 0 Å². The van der Waals surface area contributed by atoms with Crippen molar-refractivity contribution in [2.75, 3.05) is 6.54 Å². The molecular weight excluding hydrogens is 282 g/mol. The predicted octanol–water partition coefficient (Wildman–Crippen LogP) is 4.12. The minimum Gasteiger partial charge on any atom is -0.508 e. The van der Waals surface area contributed by atoms with Gasteiger partial charge in [-0.05, 0) is 54.7 Å². The van der Waals surface area contributed by atoms with E-state index in [4.69, 9.17) is 11.6 Å². The SMILES string of the molecule is Oc1ccc(CC(CNC2CC2)c2cccc(Cl)c2)cc1. The first-order valence-electron chi connectivity index (χ1n) is 7.47. The van der Waals surface area contributed by atoms with E-state index in [1.807, 2.05) is 24.3 Å². The summed E-state index contributed by atoms with van der Waals surface area (Å²) in [6, 6.07) is 16.3. The standard InChI is InChI=1S/C18H20ClNO/c19-16-3-1-2-14(11-16)15(12-20-17-6-7-17)10-13-4-8-18(21)9-5-13/h1-5,8-9,11,15,17,20-21H,6-7,10,12H2. The number of phenols is 1. The fourth-order valence-electron chi connectivity index (χ4n) is 2.58. The number of aromatic hydroxyl groups is 1. The molecule has 1 unspecified atom stereocenters. The lowest BCUT2D eigenvalue weighted by Gasteiger charge is -2.19. The van der Waals surface area contributed by atoms with Gasteiger partial charge in [0.2, 0.25) is 0 Å². The second-order valence-electron chi connectivity index (χ2n) is 5.81. The summed E-state index contributed by atoms with van der Waals surface area (Å²) in [5, 5.41) is 13.8. The Labute approximate surface area is 130 Å². The van der Waals surface area contributed by atoms with Crippen LogP contribution in [0.5, 0.6) is 5.75 Å². The van der Waals surface area contributed by atoms with Gasteiger partial charge in [0.25, 0.3) is 0 Å². The molecule has 1 atom stereocenters. The number of hydrogen-bond donors (Lipinski definition) is 2. The molecule has 0 amide bonds. The van der Waals surface area contributed by atoms with E-state index in [1.54, 1.807) is 12.1 Å². The molecule has 2 nitrogen and oxygen atoms in total. The van der Waals surface area contributed by atoms with Crippen molar-refractivity contribution >= 4 is 11.6 Å². The summed E-state index contributed by atoms with van der Waals surface area (Å²) in [6.07, 6.45) is 3.53. The summed E-state index contributed by atoms with van der Waals surface area (Å²) in [6.45, 7) is 0.964. The Morgan fingerprint density at radius 1 is 1.14 bits per heavy atom. The lowest BCUT2D eigenvalue weighted by molar-refractivity contribution is 0.475. The Bertz CT molecular complexity index is 592. The average molecular weight is 302 g/mol. The molecule has 2 aromatic carbocycles. The molecule has 1 aliphatic carbocycles. The zero-order chi connectivity index (χ0) is 14.7. The minimum atomic E-state index is 0.314. The normalized spacial score (nSPS) is 15.9. The maximum atomic E-state index is 9.40. The Balaban J connectivity index is 1.75. The smallest absolute Gasteiger partial charge is 0.115 e. The summed E-state index contributed by atoms with van der Waals surface area (Å²) in [5.41, 5.74) is 2.50. The fourth-order valence-corrected chi connectivity index (χ4v) is 2.78. The third-order valence-corrected chi connectivity index (χ3v) is 4.20. The monoisotopic (exact) mass is 301 g/mol. The number of rotatable bonds is 6. The van der Waals surface area contributed by atoms with Gasteiger partial charge in [-0.25, -0.2) is 0 Å². The lowest BCUT2D eigenvalue weighted by atomic mass is 9.92. The van der Waals surface area contributed by atoms with Crippen molar-refractivity contribution in [1.82, 2.24) is 5.32 Å². The highest BCUT2D eigenvalue weighted by Crippen LogP contribution is 2.26. The molecule has 2 aromatic rings. The predicted molar refractivity (Wildman–Crippen MR) is 87.0 cm³/mol. The third kappa shape index (κ3) is 4.23. The maximum Gasteiger partial charge on any atom is 0.115 e. The number of phenolic OH excluding ortho intramolecular Hbond substituents is 1. The van der Waals surface area contributed by atoms with E-state index in [1.165, 1.54) is 24.0 Å². The molecule has 3 rings (SSSR count). The van der Waals surface area contributed by atoms with Crippen LogP contribution < -0.4 is 5.32 Å². The molecule has 110 valence electrons. The first-order valence-corrected chi connectivity index (χ1v) is 7.85. The summed E-state index contributed by atoms with van der Waals surface area (Å²) in [5.74, 6) is 0.711. The van der Waals surface area contributed by atoms with E-state index >= 15 is 0 Å². The average Bonchev–Trinajstić information content (AvgIpc) is 3.30. The highest BCUT2D eigenvalue weighted by atomic mass is 35.5.